The van der Waals surface area contributed by atoms with E-state index in [1.165, 1.54) is 4.90 Å². The summed E-state index contributed by atoms with van der Waals surface area (Å²) in [6.45, 7) is 6.09. The summed E-state index contributed by atoms with van der Waals surface area (Å²) >= 11 is 0. The van der Waals surface area contributed by atoms with Gasteiger partial charge in [0.05, 0.1) is 18.0 Å². The fraction of sp³-hybridized carbons (Fsp3) is 0.500. The molecule has 6 heteroatoms. The zero-order valence-corrected chi connectivity index (χ0v) is 10.6. The largest absolute Gasteiger partial charge is 0.395 e. The predicted octanol–water partition coefficient (Wildman–Crippen LogP) is 0.565. The molecular formula is C12H20N4O2. The van der Waals surface area contributed by atoms with Crippen molar-refractivity contribution in [3.05, 3.63) is 24.0 Å². The van der Waals surface area contributed by atoms with Gasteiger partial charge < -0.3 is 15.7 Å². The number of aryl methyl sites for hydroxylation is 1. The summed E-state index contributed by atoms with van der Waals surface area (Å²) in [5.41, 5.74) is 7.29. The van der Waals surface area contributed by atoms with Crippen LogP contribution in [0, 0.1) is 0 Å². The topological polar surface area (TPSA) is 95.2 Å². The van der Waals surface area contributed by atoms with Gasteiger partial charge >= 0.3 is 0 Å². The van der Waals surface area contributed by atoms with Crippen molar-refractivity contribution in [2.75, 3.05) is 25.4 Å². The van der Waals surface area contributed by atoms with Crippen molar-refractivity contribution in [3.63, 3.8) is 0 Å². The highest BCUT2D eigenvalue weighted by Crippen LogP contribution is 2.17. The summed E-state index contributed by atoms with van der Waals surface area (Å²) in [7, 11) is 0. The highest BCUT2D eigenvalue weighted by atomic mass is 16.3. The Morgan fingerprint density at radius 2 is 2.39 bits per heavy atom. The number of carbonyl (C=O) groups excluding carboxylic acids is 1. The molecule has 0 aliphatic heterocycles. The van der Waals surface area contributed by atoms with Gasteiger partial charge in [0, 0.05) is 13.1 Å². The first-order valence-corrected chi connectivity index (χ1v) is 5.99. The Morgan fingerprint density at radius 3 is 2.94 bits per heavy atom. The Hall–Kier alpha value is -1.82. The van der Waals surface area contributed by atoms with E-state index in [2.05, 4.69) is 16.8 Å². The monoisotopic (exact) mass is 252 g/mol. The van der Waals surface area contributed by atoms with Crippen molar-refractivity contribution in [1.29, 1.82) is 0 Å². The van der Waals surface area contributed by atoms with Crippen molar-refractivity contribution in [2.45, 2.75) is 19.8 Å². The van der Waals surface area contributed by atoms with Gasteiger partial charge in [0.1, 0.15) is 0 Å². The number of anilines is 1. The number of nitrogens with one attached hydrogen (secondary N) is 1. The lowest BCUT2D eigenvalue weighted by molar-refractivity contribution is 0.0738. The number of amides is 1. The third kappa shape index (κ3) is 3.10. The number of aliphatic hydroxyl groups is 1. The predicted molar refractivity (Wildman–Crippen MR) is 70.2 cm³/mol. The molecule has 4 N–H and O–H groups in total. The first-order valence-electron chi connectivity index (χ1n) is 5.99. The first kappa shape index (κ1) is 14.2. The van der Waals surface area contributed by atoms with Gasteiger partial charge in [-0.25, -0.2) is 0 Å². The number of nitrogens with zero attached hydrogens (tertiary/aromatic N) is 2. The Balaban J connectivity index is 2.90. The fourth-order valence-corrected chi connectivity index (χ4v) is 1.69. The number of rotatable bonds is 7. The Kier molecular flexibility index (Phi) is 5.38. The van der Waals surface area contributed by atoms with Gasteiger partial charge in [-0.05, 0) is 6.42 Å². The van der Waals surface area contributed by atoms with Crippen molar-refractivity contribution >= 4 is 11.6 Å². The SMILES string of the molecule is C=CCN(CCO)C(=O)c1n[nH]c(CCC)c1N. The molecule has 0 fully saturated rings. The number of aromatic nitrogens is 2. The van der Waals surface area contributed by atoms with Crippen LogP contribution in [0.4, 0.5) is 5.69 Å². The van der Waals surface area contributed by atoms with Gasteiger partial charge in [0.2, 0.25) is 0 Å². The van der Waals surface area contributed by atoms with E-state index in [9.17, 15) is 4.79 Å². The van der Waals surface area contributed by atoms with E-state index >= 15 is 0 Å². The van der Waals surface area contributed by atoms with Gasteiger partial charge in [0.15, 0.2) is 5.69 Å². The smallest absolute Gasteiger partial charge is 0.276 e. The maximum atomic E-state index is 12.2. The number of hydrogen-bond acceptors (Lipinski definition) is 4. The molecule has 0 saturated heterocycles. The lowest BCUT2D eigenvalue weighted by Gasteiger charge is -2.18. The summed E-state index contributed by atoms with van der Waals surface area (Å²) in [4.78, 5) is 13.6. The van der Waals surface area contributed by atoms with Gasteiger partial charge in [0.25, 0.3) is 5.91 Å². The van der Waals surface area contributed by atoms with E-state index in [1.807, 2.05) is 6.92 Å². The van der Waals surface area contributed by atoms with Crippen LogP contribution >= 0.6 is 0 Å². The van der Waals surface area contributed by atoms with E-state index in [-0.39, 0.29) is 24.8 Å². The highest BCUT2D eigenvalue weighted by molar-refractivity contribution is 5.97. The molecule has 0 aromatic carbocycles. The van der Waals surface area contributed by atoms with E-state index in [0.717, 1.165) is 18.5 Å². The van der Waals surface area contributed by atoms with Gasteiger partial charge in [-0.1, -0.05) is 19.4 Å². The highest BCUT2D eigenvalue weighted by Gasteiger charge is 2.21. The molecule has 0 unspecified atom stereocenters. The average Bonchev–Trinajstić information content (AvgIpc) is 2.71. The maximum Gasteiger partial charge on any atom is 0.276 e. The Bertz CT molecular complexity index is 414. The van der Waals surface area contributed by atoms with Crippen LogP contribution < -0.4 is 5.73 Å². The molecule has 1 rings (SSSR count). The van der Waals surface area contributed by atoms with Crippen LogP contribution in [-0.4, -0.2) is 45.8 Å². The lowest BCUT2D eigenvalue weighted by Crippen LogP contribution is -2.34. The van der Waals surface area contributed by atoms with E-state index in [4.69, 9.17) is 10.8 Å². The van der Waals surface area contributed by atoms with Crippen LogP contribution in [0.3, 0.4) is 0 Å². The number of carbonyl (C=O) groups is 1. The quantitative estimate of drug-likeness (QED) is 0.618. The van der Waals surface area contributed by atoms with E-state index in [1.54, 1.807) is 6.08 Å². The van der Waals surface area contributed by atoms with E-state index < -0.39 is 0 Å². The average molecular weight is 252 g/mol. The lowest BCUT2D eigenvalue weighted by atomic mass is 10.2. The number of aliphatic hydroxyl groups excluding tert-OH is 1. The number of nitrogen functional groups attached to an aromatic ring is 1. The molecule has 0 spiro atoms. The zero-order chi connectivity index (χ0) is 13.5. The van der Waals surface area contributed by atoms with Crippen molar-refractivity contribution in [2.24, 2.45) is 0 Å². The standard InChI is InChI=1S/C12H20N4O2/c1-3-5-9-10(13)11(15-14-9)12(18)16(6-4-2)7-8-17/h4,17H,2-3,5-8,13H2,1H3,(H,14,15). The third-order valence-electron chi connectivity index (χ3n) is 2.59. The van der Waals surface area contributed by atoms with Crippen LogP contribution in [0.5, 0.6) is 0 Å². The summed E-state index contributed by atoms with van der Waals surface area (Å²) in [6, 6.07) is 0. The number of H-pyrrole nitrogens is 1. The summed E-state index contributed by atoms with van der Waals surface area (Å²) in [5.74, 6) is -0.292. The van der Waals surface area contributed by atoms with Crippen LogP contribution in [0.25, 0.3) is 0 Å². The van der Waals surface area contributed by atoms with Crippen LogP contribution in [0.15, 0.2) is 12.7 Å². The number of aromatic amines is 1. The van der Waals surface area contributed by atoms with E-state index in [0.29, 0.717) is 12.2 Å². The molecule has 0 atom stereocenters. The van der Waals surface area contributed by atoms with Crippen molar-refractivity contribution in [1.82, 2.24) is 15.1 Å². The number of hydrogen-bond donors (Lipinski definition) is 3. The summed E-state index contributed by atoms with van der Waals surface area (Å²) in [6.07, 6.45) is 3.28. The molecule has 0 bridgehead atoms. The van der Waals surface area contributed by atoms with Gasteiger partial charge in [-0.15, -0.1) is 6.58 Å². The molecule has 1 aromatic rings. The van der Waals surface area contributed by atoms with Gasteiger partial charge in [-0.2, -0.15) is 5.10 Å². The Labute approximate surface area is 106 Å². The normalized spacial score (nSPS) is 10.3. The molecule has 1 amide bonds. The van der Waals surface area contributed by atoms with Crippen LogP contribution in [0.2, 0.25) is 0 Å². The molecule has 0 saturated carbocycles. The second-order valence-corrected chi connectivity index (χ2v) is 3.98. The molecule has 1 aromatic heterocycles. The first-order chi connectivity index (χ1) is 8.65. The van der Waals surface area contributed by atoms with Gasteiger partial charge in [-0.3, -0.25) is 9.89 Å². The molecule has 0 radical (unpaired) electrons. The minimum absolute atomic E-state index is 0.105. The fourth-order valence-electron chi connectivity index (χ4n) is 1.69. The second-order valence-electron chi connectivity index (χ2n) is 3.98. The number of nitrogens with two attached hydrogens (primary N) is 1. The minimum atomic E-state index is -0.292. The molecule has 6 nitrogen and oxygen atoms in total. The second kappa shape index (κ2) is 6.80. The molecule has 1 heterocycles. The molecule has 0 aliphatic rings. The molecular weight excluding hydrogens is 232 g/mol. The van der Waals surface area contributed by atoms with Crippen LogP contribution in [0.1, 0.15) is 29.5 Å². The summed E-state index contributed by atoms with van der Waals surface area (Å²) < 4.78 is 0. The minimum Gasteiger partial charge on any atom is -0.395 e. The third-order valence-corrected chi connectivity index (χ3v) is 2.59. The Morgan fingerprint density at radius 1 is 1.67 bits per heavy atom. The van der Waals surface area contributed by atoms with Crippen molar-refractivity contribution in [3.8, 4) is 0 Å². The van der Waals surface area contributed by atoms with Crippen LogP contribution in [-0.2, 0) is 6.42 Å². The summed E-state index contributed by atoms with van der Waals surface area (Å²) in [5, 5.41) is 15.7. The molecule has 0 aliphatic carbocycles. The maximum absolute atomic E-state index is 12.2. The molecule has 100 valence electrons. The van der Waals surface area contributed by atoms with Crippen molar-refractivity contribution < 1.29 is 9.90 Å². The molecule has 18 heavy (non-hydrogen) atoms. The zero-order valence-electron chi connectivity index (χ0n) is 10.6.